The van der Waals surface area contributed by atoms with E-state index in [4.69, 9.17) is 9.84 Å². The van der Waals surface area contributed by atoms with Gasteiger partial charge in [0, 0.05) is 13.5 Å². The van der Waals surface area contributed by atoms with Crippen LogP contribution in [0, 0.1) is 0 Å². The highest BCUT2D eigenvalue weighted by Crippen LogP contribution is 1.92. The summed E-state index contributed by atoms with van der Waals surface area (Å²) in [5.41, 5.74) is 0. The van der Waals surface area contributed by atoms with Gasteiger partial charge < -0.3 is 9.84 Å². The molecule has 0 aliphatic heterocycles. The quantitative estimate of drug-likeness (QED) is 0.607. The monoisotopic (exact) mass is 172 g/mol. The summed E-state index contributed by atoms with van der Waals surface area (Å²) in [5, 5.41) is 19.6. The highest BCUT2D eigenvalue weighted by molar-refractivity contribution is 4.80. The number of hydrogen-bond acceptors (Lipinski definition) is 5. The second-order valence-corrected chi connectivity index (χ2v) is 2.28. The predicted molar refractivity (Wildman–Crippen MR) is 40.5 cm³/mol. The van der Waals surface area contributed by atoms with Gasteiger partial charge >= 0.3 is 0 Å². The maximum atomic E-state index is 8.64. The molecule has 0 saturated carbocycles. The molecule has 0 saturated heterocycles. The highest BCUT2D eigenvalue weighted by Gasteiger charge is 2.03. The van der Waals surface area contributed by atoms with Gasteiger partial charge in [0.25, 0.3) is 0 Å². The summed E-state index contributed by atoms with van der Waals surface area (Å²) in [4.78, 5) is 0. The lowest BCUT2D eigenvalue weighted by atomic mass is 10.4. The maximum absolute atomic E-state index is 8.64. The molecular weight excluding hydrogens is 160 g/mol. The molecule has 0 radical (unpaired) electrons. The van der Waals surface area contributed by atoms with Crippen molar-refractivity contribution in [3.63, 3.8) is 0 Å². The molecule has 0 atom stereocenters. The summed E-state index contributed by atoms with van der Waals surface area (Å²) in [6.45, 7) is 1.07. The molecule has 1 heterocycles. The number of aromatic nitrogens is 4. The molecule has 0 fully saturated rings. The Morgan fingerprint density at radius 3 is 3.08 bits per heavy atom. The van der Waals surface area contributed by atoms with Crippen LogP contribution in [0.25, 0.3) is 0 Å². The topological polar surface area (TPSA) is 73.1 Å². The molecule has 12 heavy (non-hydrogen) atoms. The molecule has 0 amide bonds. The fourth-order valence-electron chi connectivity index (χ4n) is 0.864. The Hall–Kier alpha value is -1.01. The molecule has 0 unspecified atom stereocenters. The molecule has 1 aromatic heterocycles. The van der Waals surface area contributed by atoms with E-state index in [2.05, 4.69) is 15.5 Å². The van der Waals surface area contributed by atoms with Gasteiger partial charge in [0.1, 0.15) is 0 Å². The van der Waals surface area contributed by atoms with E-state index >= 15 is 0 Å². The first kappa shape index (κ1) is 9.08. The minimum atomic E-state index is 0.0466. The molecule has 68 valence electrons. The van der Waals surface area contributed by atoms with Gasteiger partial charge in [-0.3, -0.25) is 0 Å². The number of methoxy groups -OCH3 is 1. The molecule has 0 aliphatic rings. The van der Waals surface area contributed by atoms with E-state index in [0.717, 1.165) is 5.82 Å². The van der Waals surface area contributed by atoms with E-state index in [9.17, 15) is 0 Å². The lowest BCUT2D eigenvalue weighted by Gasteiger charge is -2.00. The number of ether oxygens (including phenoxy) is 1. The zero-order chi connectivity index (χ0) is 8.81. The molecular formula is C6H12N4O2. The van der Waals surface area contributed by atoms with Crippen LogP contribution >= 0.6 is 0 Å². The van der Waals surface area contributed by atoms with Crippen LogP contribution in [0.1, 0.15) is 5.82 Å². The van der Waals surface area contributed by atoms with Crippen molar-refractivity contribution in [2.24, 2.45) is 0 Å². The van der Waals surface area contributed by atoms with Crippen LogP contribution in [0.4, 0.5) is 0 Å². The number of rotatable bonds is 5. The highest BCUT2D eigenvalue weighted by atomic mass is 16.5. The normalized spacial score (nSPS) is 10.5. The van der Waals surface area contributed by atoms with Crippen LogP contribution in [0.5, 0.6) is 0 Å². The number of aliphatic hydroxyl groups is 1. The van der Waals surface area contributed by atoms with E-state index < -0.39 is 0 Å². The Morgan fingerprint density at radius 1 is 1.58 bits per heavy atom. The summed E-state index contributed by atoms with van der Waals surface area (Å²) < 4.78 is 6.45. The number of aliphatic hydroxyl groups excluding tert-OH is 1. The lowest BCUT2D eigenvalue weighted by Crippen LogP contribution is -2.10. The number of nitrogens with zero attached hydrogens (tertiary/aromatic N) is 4. The molecule has 0 aliphatic carbocycles. The summed E-state index contributed by atoms with van der Waals surface area (Å²) in [6.07, 6.45) is 0.670. The van der Waals surface area contributed by atoms with Gasteiger partial charge in [-0.2, -0.15) is 0 Å². The largest absolute Gasteiger partial charge is 0.394 e. The molecule has 0 spiro atoms. The molecule has 1 aromatic rings. The van der Waals surface area contributed by atoms with E-state index in [1.165, 1.54) is 0 Å². The van der Waals surface area contributed by atoms with Gasteiger partial charge in [-0.05, 0) is 10.4 Å². The molecule has 6 heteroatoms. The van der Waals surface area contributed by atoms with Crippen molar-refractivity contribution in [3.05, 3.63) is 5.82 Å². The van der Waals surface area contributed by atoms with Crippen LogP contribution in [0.3, 0.4) is 0 Å². The Labute approximate surface area is 70.1 Å². The second kappa shape index (κ2) is 4.78. The zero-order valence-electron chi connectivity index (χ0n) is 6.97. The average Bonchev–Trinajstić information content (AvgIpc) is 2.50. The van der Waals surface area contributed by atoms with Gasteiger partial charge in [-0.15, -0.1) is 5.10 Å². The van der Waals surface area contributed by atoms with Gasteiger partial charge in [-0.1, -0.05) is 0 Å². The van der Waals surface area contributed by atoms with E-state index in [1.807, 2.05) is 0 Å². The third-order valence-electron chi connectivity index (χ3n) is 1.45. The van der Waals surface area contributed by atoms with Gasteiger partial charge in [0.2, 0.25) is 0 Å². The molecule has 6 nitrogen and oxygen atoms in total. The summed E-state index contributed by atoms with van der Waals surface area (Å²) >= 11 is 0. The molecule has 0 bridgehead atoms. The first-order chi connectivity index (χ1) is 5.88. The molecule has 0 aromatic carbocycles. The van der Waals surface area contributed by atoms with Crippen LogP contribution in [-0.4, -0.2) is 45.6 Å². The van der Waals surface area contributed by atoms with Crippen molar-refractivity contribution < 1.29 is 9.84 Å². The van der Waals surface area contributed by atoms with Crippen molar-refractivity contribution in [1.82, 2.24) is 20.2 Å². The van der Waals surface area contributed by atoms with Crippen molar-refractivity contribution in [1.29, 1.82) is 0 Å². The standard InChI is InChI=1S/C6H12N4O2/c1-12-5-2-6-7-8-9-10(6)3-4-11/h11H,2-5H2,1H3. The third-order valence-corrected chi connectivity index (χ3v) is 1.45. The van der Waals surface area contributed by atoms with Gasteiger partial charge in [-0.25, -0.2) is 4.68 Å². The predicted octanol–water partition coefficient (Wildman–Crippen LogP) is -1.15. The molecule has 1 N–H and O–H groups in total. The van der Waals surface area contributed by atoms with Crippen LogP contribution in [0.15, 0.2) is 0 Å². The lowest BCUT2D eigenvalue weighted by molar-refractivity contribution is 0.197. The van der Waals surface area contributed by atoms with Crippen LogP contribution in [0.2, 0.25) is 0 Å². The summed E-state index contributed by atoms with van der Waals surface area (Å²) in [6, 6.07) is 0. The first-order valence-corrected chi connectivity index (χ1v) is 3.73. The number of tetrazole rings is 1. The van der Waals surface area contributed by atoms with E-state index in [-0.39, 0.29) is 6.61 Å². The zero-order valence-corrected chi connectivity index (χ0v) is 6.97. The number of hydrogen-bond donors (Lipinski definition) is 1. The van der Waals surface area contributed by atoms with Crippen molar-refractivity contribution in [2.45, 2.75) is 13.0 Å². The minimum absolute atomic E-state index is 0.0466. The SMILES string of the molecule is COCCc1nnnn1CCO. The van der Waals surface area contributed by atoms with Crippen molar-refractivity contribution >= 4 is 0 Å². The minimum Gasteiger partial charge on any atom is -0.394 e. The fraction of sp³-hybridized carbons (Fsp3) is 0.833. The fourth-order valence-corrected chi connectivity index (χ4v) is 0.864. The third kappa shape index (κ3) is 2.24. The van der Waals surface area contributed by atoms with Crippen LogP contribution < -0.4 is 0 Å². The smallest absolute Gasteiger partial charge is 0.153 e. The first-order valence-electron chi connectivity index (χ1n) is 3.73. The van der Waals surface area contributed by atoms with Gasteiger partial charge in [0.15, 0.2) is 5.82 Å². The Balaban J connectivity index is 2.51. The Morgan fingerprint density at radius 2 is 2.42 bits per heavy atom. The van der Waals surface area contributed by atoms with E-state index in [0.29, 0.717) is 19.6 Å². The van der Waals surface area contributed by atoms with Gasteiger partial charge in [0.05, 0.1) is 19.8 Å². The maximum Gasteiger partial charge on any atom is 0.153 e. The Bertz CT molecular complexity index is 225. The summed E-state index contributed by atoms with van der Waals surface area (Å²) in [7, 11) is 1.63. The molecule has 1 rings (SSSR count). The Kier molecular flexibility index (Phi) is 3.62. The van der Waals surface area contributed by atoms with Crippen molar-refractivity contribution in [2.75, 3.05) is 20.3 Å². The van der Waals surface area contributed by atoms with Crippen molar-refractivity contribution in [3.8, 4) is 0 Å². The van der Waals surface area contributed by atoms with E-state index in [1.54, 1.807) is 11.8 Å². The summed E-state index contributed by atoms with van der Waals surface area (Å²) in [5.74, 6) is 0.742. The average molecular weight is 172 g/mol. The van der Waals surface area contributed by atoms with Crippen LogP contribution in [-0.2, 0) is 17.7 Å². The second-order valence-electron chi connectivity index (χ2n) is 2.28.